The zero-order valence-corrected chi connectivity index (χ0v) is 18.2. The minimum atomic E-state index is -5.28. The zero-order chi connectivity index (χ0) is 23.7. The molecule has 0 radical (unpaired) electrons. The number of nitrogens with two attached hydrogens (primary N) is 2. The Morgan fingerprint density at radius 3 is 1.94 bits per heavy atom. The molecule has 172 valence electrons. The van der Waals surface area contributed by atoms with E-state index >= 15 is 0 Å². The smallest absolute Gasteiger partial charge is 0.330 e. The van der Waals surface area contributed by atoms with E-state index in [1.54, 1.807) is 13.8 Å². The zero-order valence-electron chi connectivity index (χ0n) is 18.2. The number of halogens is 3. The summed E-state index contributed by atoms with van der Waals surface area (Å²) in [6.45, 7) is 5.31. The Bertz CT molecular complexity index is 829. The molecule has 9 heteroatoms. The van der Waals surface area contributed by atoms with Crippen LogP contribution in [0.1, 0.15) is 38.8 Å². The molecule has 0 aliphatic heterocycles. The second-order valence-corrected chi connectivity index (χ2v) is 8.84. The molecule has 1 aromatic rings. The third-order valence-corrected chi connectivity index (χ3v) is 6.08. The van der Waals surface area contributed by atoms with Gasteiger partial charge in [0.1, 0.15) is 5.54 Å². The van der Waals surface area contributed by atoms with Crippen LogP contribution in [0.2, 0.25) is 0 Å². The van der Waals surface area contributed by atoms with Gasteiger partial charge in [-0.3, -0.25) is 14.4 Å². The fraction of sp³-hybridized carbons (Fsp3) is 0.591. The Morgan fingerprint density at radius 2 is 1.55 bits per heavy atom. The fourth-order valence-corrected chi connectivity index (χ4v) is 3.85. The topological polar surface area (TPSA) is 106 Å². The quantitative estimate of drug-likeness (QED) is 0.601. The number of hydrogen-bond acceptors (Lipinski definition) is 5. The van der Waals surface area contributed by atoms with Crippen molar-refractivity contribution in [2.75, 3.05) is 6.54 Å². The van der Waals surface area contributed by atoms with Crippen molar-refractivity contribution in [3.05, 3.63) is 35.4 Å². The number of alkyl halides is 3. The van der Waals surface area contributed by atoms with Crippen LogP contribution in [0.5, 0.6) is 0 Å². The SMILES string of the molecule is CC(C)[C@H](N)C(=O)N(CC(=O)C(N)(C(=O)C(F)(F)F)C(C)C)C1Cc2ccccc2C1. The minimum absolute atomic E-state index is 0.251. The van der Waals surface area contributed by atoms with Gasteiger partial charge in [0.15, 0.2) is 5.78 Å². The molecule has 2 rings (SSSR count). The molecule has 1 aromatic carbocycles. The van der Waals surface area contributed by atoms with Crippen LogP contribution >= 0.6 is 0 Å². The lowest BCUT2D eigenvalue weighted by Gasteiger charge is -2.36. The van der Waals surface area contributed by atoms with E-state index in [4.69, 9.17) is 11.5 Å². The first kappa shape index (κ1) is 25.0. The predicted octanol–water partition coefficient (Wildman–Crippen LogP) is 2.02. The summed E-state index contributed by atoms with van der Waals surface area (Å²) < 4.78 is 39.6. The normalized spacial score (nSPS) is 17.4. The highest BCUT2D eigenvalue weighted by molar-refractivity contribution is 6.15. The molecular weight excluding hydrogens is 411 g/mol. The molecule has 4 N–H and O–H groups in total. The number of hydrogen-bond donors (Lipinski definition) is 2. The number of carbonyl (C=O) groups is 3. The van der Waals surface area contributed by atoms with Gasteiger partial charge >= 0.3 is 6.18 Å². The van der Waals surface area contributed by atoms with Gasteiger partial charge in [0.25, 0.3) is 5.78 Å². The Labute approximate surface area is 180 Å². The molecule has 0 bridgehead atoms. The van der Waals surface area contributed by atoms with Crippen molar-refractivity contribution in [1.82, 2.24) is 4.90 Å². The molecule has 6 nitrogen and oxygen atoms in total. The lowest BCUT2D eigenvalue weighted by molar-refractivity contribution is -0.180. The summed E-state index contributed by atoms with van der Waals surface area (Å²) in [7, 11) is 0. The van der Waals surface area contributed by atoms with Crippen molar-refractivity contribution >= 4 is 17.5 Å². The molecule has 0 fully saturated rings. The Balaban J connectivity index is 2.39. The van der Waals surface area contributed by atoms with Gasteiger partial charge in [-0.1, -0.05) is 52.0 Å². The van der Waals surface area contributed by atoms with Gasteiger partial charge in [0, 0.05) is 6.04 Å². The van der Waals surface area contributed by atoms with Crippen molar-refractivity contribution in [3.8, 4) is 0 Å². The molecule has 0 saturated carbocycles. The monoisotopic (exact) mass is 441 g/mol. The number of fused-ring (bicyclic) bond motifs is 1. The fourth-order valence-electron chi connectivity index (χ4n) is 3.85. The Morgan fingerprint density at radius 1 is 1.06 bits per heavy atom. The molecule has 2 atom stereocenters. The first-order valence-electron chi connectivity index (χ1n) is 10.3. The molecule has 0 saturated heterocycles. The van der Waals surface area contributed by atoms with Crippen LogP contribution in [0.4, 0.5) is 13.2 Å². The predicted molar refractivity (Wildman–Crippen MR) is 110 cm³/mol. The van der Waals surface area contributed by atoms with E-state index in [1.807, 2.05) is 24.3 Å². The van der Waals surface area contributed by atoms with Crippen molar-refractivity contribution in [2.24, 2.45) is 23.3 Å². The third kappa shape index (κ3) is 4.98. The molecule has 1 amide bonds. The molecule has 0 spiro atoms. The maximum Gasteiger partial charge on any atom is 0.452 e. The van der Waals surface area contributed by atoms with Crippen LogP contribution in [0.25, 0.3) is 0 Å². The number of benzene rings is 1. The average Bonchev–Trinajstić information content (AvgIpc) is 3.12. The summed E-state index contributed by atoms with van der Waals surface area (Å²) >= 11 is 0. The van der Waals surface area contributed by atoms with E-state index < -0.39 is 53.7 Å². The van der Waals surface area contributed by atoms with Gasteiger partial charge in [-0.25, -0.2) is 0 Å². The molecule has 0 heterocycles. The molecular formula is C22H30F3N3O3. The van der Waals surface area contributed by atoms with Crippen LogP contribution in [0.3, 0.4) is 0 Å². The van der Waals surface area contributed by atoms with Crippen molar-refractivity contribution in [1.29, 1.82) is 0 Å². The molecule has 1 unspecified atom stereocenters. The molecule has 1 aliphatic rings. The highest BCUT2D eigenvalue weighted by atomic mass is 19.4. The summed E-state index contributed by atoms with van der Waals surface area (Å²) in [5, 5.41) is 0. The molecule has 0 aromatic heterocycles. The van der Waals surface area contributed by atoms with Crippen molar-refractivity contribution < 1.29 is 27.6 Å². The van der Waals surface area contributed by atoms with Gasteiger partial charge in [0.2, 0.25) is 5.91 Å². The van der Waals surface area contributed by atoms with Crippen LogP contribution in [-0.2, 0) is 27.2 Å². The van der Waals surface area contributed by atoms with Crippen LogP contribution in [0.15, 0.2) is 24.3 Å². The first-order valence-corrected chi connectivity index (χ1v) is 10.3. The van der Waals surface area contributed by atoms with E-state index in [0.29, 0.717) is 12.8 Å². The second kappa shape index (κ2) is 9.08. The summed E-state index contributed by atoms with van der Waals surface area (Å²) in [5.74, 6) is -5.38. The third-order valence-electron chi connectivity index (χ3n) is 6.08. The standard InChI is InChI=1S/C22H30F3N3O3/c1-12(2)18(26)19(30)28(16-9-14-7-5-6-8-15(14)10-16)11-17(29)21(27,13(3)4)20(31)22(23,24)25/h5-8,12-13,16,18H,9-11,26-27H2,1-4H3/t18-,21?/m0/s1. The molecule has 31 heavy (non-hydrogen) atoms. The van der Waals surface area contributed by atoms with E-state index in [0.717, 1.165) is 11.1 Å². The second-order valence-electron chi connectivity index (χ2n) is 8.84. The lowest BCUT2D eigenvalue weighted by Crippen LogP contribution is -2.66. The van der Waals surface area contributed by atoms with E-state index in [1.165, 1.54) is 18.7 Å². The number of Topliss-reactive ketones (excluding diaryl/α,β-unsaturated/α-hetero) is 2. The van der Waals surface area contributed by atoms with Gasteiger partial charge in [-0.05, 0) is 35.8 Å². The van der Waals surface area contributed by atoms with Gasteiger partial charge in [0.05, 0.1) is 12.6 Å². The summed E-state index contributed by atoms with van der Waals surface area (Å²) in [5.41, 5.74) is 11.0. The van der Waals surface area contributed by atoms with Gasteiger partial charge < -0.3 is 16.4 Å². The maximum absolute atomic E-state index is 13.2. The Hall–Kier alpha value is -2.26. The number of nitrogens with zero attached hydrogens (tertiary/aromatic N) is 1. The number of amides is 1. The number of carbonyl (C=O) groups excluding carboxylic acids is 3. The number of rotatable bonds is 8. The minimum Gasteiger partial charge on any atom is -0.330 e. The number of ketones is 2. The van der Waals surface area contributed by atoms with Gasteiger partial charge in [-0.15, -0.1) is 0 Å². The maximum atomic E-state index is 13.2. The van der Waals surface area contributed by atoms with Crippen LogP contribution in [0, 0.1) is 11.8 Å². The highest BCUT2D eigenvalue weighted by Gasteiger charge is 2.57. The first-order chi connectivity index (χ1) is 14.2. The van der Waals surface area contributed by atoms with E-state index in [-0.39, 0.29) is 5.92 Å². The van der Waals surface area contributed by atoms with Crippen molar-refractivity contribution in [3.63, 3.8) is 0 Å². The van der Waals surface area contributed by atoms with Crippen LogP contribution in [-0.4, -0.2) is 52.7 Å². The van der Waals surface area contributed by atoms with Crippen molar-refractivity contribution in [2.45, 2.75) is 64.3 Å². The highest BCUT2D eigenvalue weighted by Crippen LogP contribution is 2.30. The summed E-state index contributed by atoms with van der Waals surface area (Å²) in [6.07, 6.45) is -4.40. The largest absolute Gasteiger partial charge is 0.452 e. The average molecular weight is 441 g/mol. The lowest BCUT2D eigenvalue weighted by atomic mass is 9.78. The molecule has 1 aliphatic carbocycles. The van der Waals surface area contributed by atoms with Gasteiger partial charge in [-0.2, -0.15) is 13.2 Å². The van der Waals surface area contributed by atoms with E-state index in [9.17, 15) is 27.6 Å². The summed E-state index contributed by atoms with van der Waals surface area (Å²) in [6, 6.07) is 6.10. The van der Waals surface area contributed by atoms with E-state index in [2.05, 4.69) is 0 Å². The summed E-state index contributed by atoms with van der Waals surface area (Å²) in [4.78, 5) is 39.4. The van der Waals surface area contributed by atoms with Crippen LogP contribution < -0.4 is 11.5 Å². The Kier molecular flexibility index (Phi) is 7.32.